The molecule has 1 rings (SSSR count). The second-order valence-electron chi connectivity index (χ2n) is 3.51. The Morgan fingerprint density at radius 3 is 2.36 bits per heavy atom. The van der Waals surface area contributed by atoms with Gasteiger partial charge in [-0.05, 0) is 31.9 Å². The molecule has 0 spiro atoms. The maximum Gasteiger partial charge on any atom is 0.221 e. The summed E-state index contributed by atoms with van der Waals surface area (Å²) in [4.78, 5) is 10.9. The van der Waals surface area contributed by atoms with Crippen molar-refractivity contribution in [2.24, 2.45) is 0 Å². The molecular formula is C11H14FNO. The molecule has 0 saturated carbocycles. The van der Waals surface area contributed by atoms with Crippen molar-refractivity contribution in [1.82, 2.24) is 0 Å². The van der Waals surface area contributed by atoms with Crippen LogP contribution >= 0.6 is 0 Å². The number of nitrogens with one attached hydrogen (secondary N) is 1. The van der Waals surface area contributed by atoms with Crippen molar-refractivity contribution in [3.63, 3.8) is 0 Å². The van der Waals surface area contributed by atoms with E-state index in [4.69, 9.17) is 0 Å². The minimum Gasteiger partial charge on any atom is -0.326 e. The molecule has 0 heterocycles. The lowest BCUT2D eigenvalue weighted by molar-refractivity contribution is -0.114. The van der Waals surface area contributed by atoms with E-state index in [9.17, 15) is 9.18 Å². The van der Waals surface area contributed by atoms with Gasteiger partial charge in [-0.25, -0.2) is 4.39 Å². The number of hydrogen-bond donors (Lipinski definition) is 1. The first-order valence-corrected chi connectivity index (χ1v) is 4.47. The van der Waals surface area contributed by atoms with Crippen LogP contribution in [0, 0.1) is 26.6 Å². The van der Waals surface area contributed by atoms with Crippen LogP contribution in [-0.4, -0.2) is 5.91 Å². The molecule has 3 heteroatoms. The molecule has 0 atom stereocenters. The summed E-state index contributed by atoms with van der Waals surface area (Å²) in [6, 6.07) is 1.73. The third kappa shape index (κ3) is 1.92. The summed E-state index contributed by atoms with van der Waals surface area (Å²) >= 11 is 0. The van der Waals surface area contributed by atoms with Gasteiger partial charge in [0.25, 0.3) is 0 Å². The highest BCUT2D eigenvalue weighted by molar-refractivity contribution is 5.90. The summed E-state index contributed by atoms with van der Waals surface area (Å²) in [5.41, 5.74) is 2.57. The lowest BCUT2D eigenvalue weighted by Crippen LogP contribution is -2.10. The summed E-state index contributed by atoms with van der Waals surface area (Å²) in [6.45, 7) is 6.65. The number of carbonyl (C=O) groups excluding carboxylic acids is 1. The number of halogens is 1. The van der Waals surface area contributed by atoms with E-state index < -0.39 is 0 Å². The Morgan fingerprint density at radius 1 is 1.29 bits per heavy atom. The zero-order valence-corrected chi connectivity index (χ0v) is 8.86. The van der Waals surface area contributed by atoms with Crippen molar-refractivity contribution in [2.45, 2.75) is 27.7 Å². The Morgan fingerprint density at radius 2 is 1.86 bits per heavy atom. The maximum atomic E-state index is 13.5. The Kier molecular flexibility index (Phi) is 2.89. The molecule has 1 amide bonds. The van der Waals surface area contributed by atoms with Crippen LogP contribution in [0.2, 0.25) is 0 Å². The fraction of sp³-hybridized carbons (Fsp3) is 0.364. The standard InChI is InChI=1S/C11H14FNO/c1-6-5-7(2)11(13-9(4)14)8(3)10(6)12/h5H,1-4H3,(H,13,14). The Bertz CT molecular complexity index is 385. The van der Waals surface area contributed by atoms with Gasteiger partial charge in [0.15, 0.2) is 0 Å². The van der Waals surface area contributed by atoms with Gasteiger partial charge in [-0.15, -0.1) is 0 Å². The van der Waals surface area contributed by atoms with Gasteiger partial charge >= 0.3 is 0 Å². The number of amides is 1. The molecule has 0 fully saturated rings. The first-order chi connectivity index (χ1) is 6.43. The van der Waals surface area contributed by atoms with E-state index in [0.29, 0.717) is 16.8 Å². The highest BCUT2D eigenvalue weighted by Gasteiger charge is 2.11. The highest BCUT2D eigenvalue weighted by atomic mass is 19.1. The van der Waals surface area contributed by atoms with Gasteiger partial charge in [-0.3, -0.25) is 4.79 Å². The van der Waals surface area contributed by atoms with Crippen LogP contribution in [0.4, 0.5) is 10.1 Å². The number of hydrogen-bond acceptors (Lipinski definition) is 1. The number of benzene rings is 1. The SMILES string of the molecule is CC(=O)Nc1c(C)cc(C)c(F)c1C. The van der Waals surface area contributed by atoms with Gasteiger partial charge in [-0.1, -0.05) is 6.07 Å². The lowest BCUT2D eigenvalue weighted by Gasteiger charge is -2.12. The second-order valence-corrected chi connectivity index (χ2v) is 3.51. The van der Waals surface area contributed by atoms with E-state index in [1.807, 2.05) is 6.92 Å². The fourth-order valence-corrected chi connectivity index (χ4v) is 1.53. The van der Waals surface area contributed by atoms with Crippen LogP contribution in [-0.2, 0) is 4.79 Å². The molecule has 0 aromatic heterocycles. The molecule has 1 aromatic rings. The van der Waals surface area contributed by atoms with Gasteiger partial charge in [0.05, 0.1) is 0 Å². The Hall–Kier alpha value is -1.38. The maximum absolute atomic E-state index is 13.5. The van der Waals surface area contributed by atoms with Crippen LogP contribution in [0.5, 0.6) is 0 Å². The first-order valence-electron chi connectivity index (χ1n) is 4.47. The van der Waals surface area contributed by atoms with Crippen LogP contribution in [0.15, 0.2) is 6.07 Å². The average molecular weight is 195 g/mol. The predicted octanol–water partition coefficient (Wildman–Crippen LogP) is 2.71. The largest absolute Gasteiger partial charge is 0.326 e. The van der Waals surface area contributed by atoms with Gasteiger partial charge in [-0.2, -0.15) is 0 Å². The van der Waals surface area contributed by atoms with Gasteiger partial charge < -0.3 is 5.32 Å². The van der Waals surface area contributed by atoms with Gasteiger partial charge in [0.1, 0.15) is 5.82 Å². The normalized spacial score (nSPS) is 10.1. The number of anilines is 1. The molecule has 0 aliphatic rings. The van der Waals surface area contributed by atoms with Crippen molar-refractivity contribution in [3.8, 4) is 0 Å². The van der Waals surface area contributed by atoms with Crippen LogP contribution in [0.1, 0.15) is 23.6 Å². The van der Waals surface area contributed by atoms with Crippen molar-refractivity contribution in [1.29, 1.82) is 0 Å². The summed E-state index contributed by atoms with van der Waals surface area (Å²) in [5.74, 6) is -0.432. The van der Waals surface area contributed by atoms with Crippen LogP contribution in [0.3, 0.4) is 0 Å². The molecular weight excluding hydrogens is 181 g/mol. The van der Waals surface area contributed by atoms with Gasteiger partial charge in [0, 0.05) is 18.2 Å². The van der Waals surface area contributed by atoms with Crippen molar-refractivity contribution in [3.05, 3.63) is 28.6 Å². The zero-order valence-electron chi connectivity index (χ0n) is 8.86. The molecule has 2 nitrogen and oxygen atoms in total. The number of aryl methyl sites for hydroxylation is 2. The van der Waals surface area contributed by atoms with Crippen LogP contribution in [0.25, 0.3) is 0 Å². The predicted molar refractivity (Wildman–Crippen MR) is 54.9 cm³/mol. The smallest absolute Gasteiger partial charge is 0.221 e. The zero-order chi connectivity index (χ0) is 10.9. The molecule has 0 unspecified atom stereocenters. The molecule has 1 N–H and O–H groups in total. The number of carbonyl (C=O) groups is 1. The lowest BCUT2D eigenvalue weighted by atomic mass is 10.0. The molecule has 76 valence electrons. The van der Waals surface area contributed by atoms with Gasteiger partial charge in [0.2, 0.25) is 5.91 Å². The third-order valence-corrected chi connectivity index (χ3v) is 2.18. The van der Waals surface area contributed by atoms with Crippen molar-refractivity contribution < 1.29 is 9.18 Å². The third-order valence-electron chi connectivity index (χ3n) is 2.18. The molecule has 1 aromatic carbocycles. The molecule has 0 radical (unpaired) electrons. The Balaban J connectivity index is 3.29. The quantitative estimate of drug-likeness (QED) is 0.733. The molecule has 0 aliphatic carbocycles. The van der Waals surface area contributed by atoms with E-state index in [1.54, 1.807) is 19.9 Å². The summed E-state index contributed by atoms with van der Waals surface area (Å²) in [7, 11) is 0. The number of rotatable bonds is 1. The van der Waals surface area contributed by atoms with E-state index in [0.717, 1.165) is 5.56 Å². The van der Waals surface area contributed by atoms with Crippen molar-refractivity contribution >= 4 is 11.6 Å². The highest BCUT2D eigenvalue weighted by Crippen LogP contribution is 2.25. The summed E-state index contributed by atoms with van der Waals surface area (Å²) in [5, 5.41) is 2.63. The summed E-state index contributed by atoms with van der Waals surface area (Å²) < 4.78 is 13.5. The monoisotopic (exact) mass is 195 g/mol. The van der Waals surface area contributed by atoms with E-state index >= 15 is 0 Å². The fourth-order valence-electron chi connectivity index (χ4n) is 1.53. The van der Waals surface area contributed by atoms with E-state index in [2.05, 4.69) is 5.32 Å². The minimum absolute atomic E-state index is 0.181. The molecule has 0 aliphatic heterocycles. The minimum atomic E-state index is -0.251. The molecule has 0 saturated heterocycles. The summed E-state index contributed by atoms with van der Waals surface area (Å²) in [6.07, 6.45) is 0. The second kappa shape index (κ2) is 3.78. The first kappa shape index (κ1) is 10.7. The van der Waals surface area contributed by atoms with Crippen molar-refractivity contribution in [2.75, 3.05) is 5.32 Å². The molecule has 0 bridgehead atoms. The molecule has 14 heavy (non-hydrogen) atoms. The Labute approximate surface area is 83.1 Å². The van der Waals surface area contributed by atoms with E-state index in [1.165, 1.54) is 6.92 Å². The average Bonchev–Trinajstić information content (AvgIpc) is 2.09. The van der Waals surface area contributed by atoms with E-state index in [-0.39, 0.29) is 11.7 Å². The topological polar surface area (TPSA) is 29.1 Å². The van der Waals surface area contributed by atoms with Crippen LogP contribution < -0.4 is 5.32 Å².